The Kier molecular flexibility index (Phi) is 9.59. The molecular formula is C32H36N4O6. The molecule has 3 aromatic rings. The average Bonchev–Trinajstić information content (AvgIpc) is 3.28. The quantitative estimate of drug-likeness (QED) is 0.221. The molecule has 0 radical (unpaired) electrons. The van der Waals surface area contributed by atoms with Crippen LogP contribution >= 0.6 is 0 Å². The van der Waals surface area contributed by atoms with Crippen LogP contribution in [0.1, 0.15) is 42.9 Å². The van der Waals surface area contributed by atoms with Crippen LogP contribution in [0.4, 0.5) is 10.5 Å². The van der Waals surface area contributed by atoms with Gasteiger partial charge in [0.15, 0.2) is 0 Å². The highest BCUT2D eigenvalue weighted by molar-refractivity contribution is 5.95. The number of rotatable bonds is 12. The highest BCUT2D eigenvalue weighted by Crippen LogP contribution is 2.44. The van der Waals surface area contributed by atoms with Crippen molar-refractivity contribution in [2.45, 2.75) is 38.6 Å². The number of amides is 3. The fourth-order valence-corrected chi connectivity index (χ4v) is 5.09. The number of alkyl carbamates (subject to hydrolysis) is 1. The minimum Gasteiger partial charge on any atom is -0.481 e. The van der Waals surface area contributed by atoms with Crippen molar-refractivity contribution in [2.75, 3.05) is 25.0 Å². The van der Waals surface area contributed by atoms with Crippen LogP contribution < -0.4 is 21.7 Å². The number of anilines is 1. The maximum atomic E-state index is 12.3. The van der Waals surface area contributed by atoms with Gasteiger partial charge in [0, 0.05) is 17.6 Å². The van der Waals surface area contributed by atoms with Crippen molar-refractivity contribution in [1.29, 1.82) is 0 Å². The molecule has 0 saturated carbocycles. The van der Waals surface area contributed by atoms with Crippen molar-refractivity contribution in [3.63, 3.8) is 0 Å². The van der Waals surface area contributed by atoms with Crippen LogP contribution in [-0.4, -0.2) is 54.7 Å². The molecule has 220 valence electrons. The first-order valence-electron chi connectivity index (χ1n) is 13.8. The highest BCUT2D eigenvalue weighted by Gasteiger charge is 2.30. The maximum Gasteiger partial charge on any atom is 0.407 e. The SMILES string of the molecule is CC(C)(CC(N)Cc1ccc(NC(=O)CNC(=O)CNC(=O)OCC2c3ccccc3-c3ccccc32)cc1)C(=O)O. The first kappa shape index (κ1) is 30.3. The van der Waals surface area contributed by atoms with Gasteiger partial charge in [-0.3, -0.25) is 14.4 Å². The summed E-state index contributed by atoms with van der Waals surface area (Å²) in [4.78, 5) is 48.0. The van der Waals surface area contributed by atoms with Crippen molar-refractivity contribution in [3.8, 4) is 11.1 Å². The van der Waals surface area contributed by atoms with Crippen LogP contribution in [0, 0.1) is 5.41 Å². The van der Waals surface area contributed by atoms with E-state index in [-0.39, 0.29) is 31.7 Å². The summed E-state index contributed by atoms with van der Waals surface area (Å²) in [7, 11) is 0. The van der Waals surface area contributed by atoms with Gasteiger partial charge in [-0.15, -0.1) is 0 Å². The maximum absolute atomic E-state index is 12.3. The summed E-state index contributed by atoms with van der Waals surface area (Å²) >= 11 is 0. The number of aliphatic carboxylic acids is 1. The predicted molar refractivity (Wildman–Crippen MR) is 159 cm³/mol. The lowest BCUT2D eigenvalue weighted by molar-refractivity contribution is -0.147. The molecule has 0 bridgehead atoms. The van der Waals surface area contributed by atoms with Gasteiger partial charge in [0.05, 0.1) is 12.0 Å². The molecule has 0 saturated heterocycles. The molecule has 10 heteroatoms. The van der Waals surface area contributed by atoms with Crippen molar-refractivity contribution >= 4 is 29.6 Å². The van der Waals surface area contributed by atoms with E-state index in [0.717, 1.165) is 27.8 Å². The van der Waals surface area contributed by atoms with Crippen LogP contribution in [0.25, 0.3) is 11.1 Å². The topological polar surface area (TPSA) is 160 Å². The van der Waals surface area contributed by atoms with Gasteiger partial charge in [0.1, 0.15) is 13.2 Å². The Morgan fingerprint density at radius 3 is 2.02 bits per heavy atom. The lowest BCUT2D eigenvalue weighted by atomic mass is 9.84. The fourth-order valence-electron chi connectivity index (χ4n) is 5.09. The standard InChI is InChI=1S/C32H36N4O6/c1-32(2,30(39)40)16-21(33)15-20-11-13-22(14-12-20)36-29(38)18-34-28(37)17-35-31(41)42-19-27-25-9-5-3-7-23(25)24-8-4-6-10-26(24)27/h3-14,21,27H,15-19,33H2,1-2H3,(H,34,37)(H,35,41)(H,36,38)(H,39,40). The van der Waals surface area contributed by atoms with Gasteiger partial charge in [-0.1, -0.05) is 60.7 Å². The van der Waals surface area contributed by atoms with Gasteiger partial charge in [-0.25, -0.2) is 4.79 Å². The third kappa shape index (κ3) is 7.73. The number of carbonyl (C=O) groups excluding carboxylic acids is 3. The molecule has 1 aliphatic carbocycles. The number of ether oxygens (including phenoxy) is 1. The predicted octanol–water partition coefficient (Wildman–Crippen LogP) is 3.65. The highest BCUT2D eigenvalue weighted by atomic mass is 16.5. The van der Waals surface area contributed by atoms with E-state index >= 15 is 0 Å². The molecule has 1 atom stereocenters. The Morgan fingerprint density at radius 1 is 0.857 bits per heavy atom. The summed E-state index contributed by atoms with van der Waals surface area (Å²) in [6, 6.07) is 22.7. The molecule has 0 spiro atoms. The number of carboxylic acids is 1. The number of hydrogen-bond acceptors (Lipinski definition) is 6. The summed E-state index contributed by atoms with van der Waals surface area (Å²) < 4.78 is 5.42. The summed E-state index contributed by atoms with van der Waals surface area (Å²) in [5.74, 6) is -1.95. The second-order valence-electron chi connectivity index (χ2n) is 11.1. The molecule has 4 rings (SSSR count). The molecule has 0 fully saturated rings. The van der Waals surface area contributed by atoms with Crippen molar-refractivity contribution < 1.29 is 29.0 Å². The molecule has 3 aromatic carbocycles. The second-order valence-corrected chi connectivity index (χ2v) is 11.1. The average molecular weight is 573 g/mol. The first-order valence-corrected chi connectivity index (χ1v) is 13.8. The number of nitrogens with one attached hydrogen (secondary N) is 3. The van der Waals surface area contributed by atoms with E-state index in [1.54, 1.807) is 38.1 Å². The van der Waals surface area contributed by atoms with E-state index in [1.165, 1.54) is 0 Å². The van der Waals surface area contributed by atoms with Crippen LogP contribution in [0.5, 0.6) is 0 Å². The molecule has 0 aliphatic heterocycles. The smallest absolute Gasteiger partial charge is 0.407 e. The van der Waals surface area contributed by atoms with E-state index in [4.69, 9.17) is 10.5 Å². The summed E-state index contributed by atoms with van der Waals surface area (Å²) in [6.45, 7) is 2.81. The first-order chi connectivity index (χ1) is 20.0. The molecule has 3 amide bonds. The lowest BCUT2D eigenvalue weighted by Gasteiger charge is -2.23. The minimum atomic E-state index is -0.914. The lowest BCUT2D eigenvalue weighted by Crippen LogP contribution is -2.40. The van der Waals surface area contributed by atoms with Gasteiger partial charge >= 0.3 is 12.1 Å². The molecule has 10 nitrogen and oxygen atoms in total. The minimum absolute atomic E-state index is 0.0874. The Morgan fingerprint density at radius 2 is 1.43 bits per heavy atom. The van der Waals surface area contributed by atoms with Gasteiger partial charge in [0.25, 0.3) is 0 Å². The van der Waals surface area contributed by atoms with Gasteiger partial charge in [0.2, 0.25) is 11.8 Å². The van der Waals surface area contributed by atoms with Crippen LogP contribution in [0.15, 0.2) is 72.8 Å². The molecule has 42 heavy (non-hydrogen) atoms. The van der Waals surface area contributed by atoms with E-state index in [0.29, 0.717) is 18.5 Å². The molecule has 1 unspecified atom stereocenters. The molecule has 6 N–H and O–H groups in total. The molecule has 0 aromatic heterocycles. The third-order valence-electron chi connectivity index (χ3n) is 7.27. The summed E-state index contributed by atoms with van der Waals surface area (Å²) in [5, 5.41) is 16.9. The number of nitrogens with two attached hydrogens (primary N) is 1. The van der Waals surface area contributed by atoms with E-state index in [1.807, 2.05) is 48.5 Å². The van der Waals surface area contributed by atoms with E-state index in [9.17, 15) is 24.3 Å². The Balaban J connectivity index is 1.15. The van der Waals surface area contributed by atoms with E-state index in [2.05, 4.69) is 16.0 Å². The summed E-state index contributed by atoms with van der Waals surface area (Å²) in [6.07, 6.45) is 0.108. The number of carbonyl (C=O) groups is 4. The number of benzene rings is 3. The fraction of sp³-hybridized carbons (Fsp3) is 0.312. The van der Waals surface area contributed by atoms with E-state index < -0.39 is 29.3 Å². The van der Waals surface area contributed by atoms with Gasteiger partial charge in [-0.2, -0.15) is 0 Å². The molecular weight excluding hydrogens is 536 g/mol. The number of carboxylic acid groups (broad SMARTS) is 1. The zero-order chi connectivity index (χ0) is 30.3. The Labute approximate surface area is 244 Å². The van der Waals surface area contributed by atoms with Gasteiger partial charge in [-0.05, 0) is 66.6 Å². The van der Waals surface area contributed by atoms with Crippen LogP contribution in [0.3, 0.4) is 0 Å². The van der Waals surface area contributed by atoms with Crippen molar-refractivity contribution in [2.24, 2.45) is 11.1 Å². The van der Waals surface area contributed by atoms with Crippen molar-refractivity contribution in [3.05, 3.63) is 89.5 Å². The van der Waals surface area contributed by atoms with Gasteiger partial charge < -0.3 is 31.5 Å². The Bertz CT molecular complexity index is 1410. The zero-order valence-electron chi connectivity index (χ0n) is 23.7. The largest absolute Gasteiger partial charge is 0.481 e. The van der Waals surface area contributed by atoms with Crippen molar-refractivity contribution in [1.82, 2.24) is 10.6 Å². The van der Waals surface area contributed by atoms with Crippen LogP contribution in [0.2, 0.25) is 0 Å². The number of fused-ring (bicyclic) bond motifs is 3. The molecule has 1 aliphatic rings. The monoisotopic (exact) mass is 572 g/mol. The Hall–Kier alpha value is -4.70. The number of hydrogen-bond donors (Lipinski definition) is 5. The molecule has 0 heterocycles. The zero-order valence-corrected chi connectivity index (χ0v) is 23.7. The third-order valence-corrected chi connectivity index (χ3v) is 7.27. The second kappa shape index (κ2) is 13.3. The normalized spacial score (nSPS) is 12.9. The summed E-state index contributed by atoms with van der Waals surface area (Å²) in [5.41, 5.74) is 11.1. The van der Waals surface area contributed by atoms with Crippen LogP contribution in [-0.2, 0) is 25.5 Å².